The number of benzene rings is 1. The number of hydrogen-bond donors (Lipinski definition) is 2. The van der Waals surface area contributed by atoms with E-state index < -0.39 is 16.2 Å². The van der Waals surface area contributed by atoms with Crippen molar-refractivity contribution in [2.24, 2.45) is 0 Å². The summed E-state index contributed by atoms with van der Waals surface area (Å²) in [5.41, 5.74) is 2.83. The first-order valence-electron chi connectivity index (χ1n) is 4.59. The van der Waals surface area contributed by atoms with Crippen LogP contribution in [0.2, 0.25) is 0 Å². The maximum atomic E-state index is 9.00. The van der Waals surface area contributed by atoms with Gasteiger partial charge >= 0.3 is 72.1 Å². The summed E-state index contributed by atoms with van der Waals surface area (Å²) < 4.78 is 34.3. The molecule has 0 spiro atoms. The summed E-state index contributed by atoms with van der Waals surface area (Å²) in [5.74, 6) is -0.833. The van der Waals surface area contributed by atoms with E-state index in [4.69, 9.17) is 28.5 Å². The van der Waals surface area contributed by atoms with E-state index in [-0.39, 0.29) is 0 Å². The quantitative estimate of drug-likeness (QED) is 0.391. The van der Waals surface area contributed by atoms with Gasteiger partial charge < -0.3 is 5.11 Å². The molecule has 0 radical (unpaired) electrons. The fourth-order valence-electron chi connectivity index (χ4n) is 0.826. The summed E-state index contributed by atoms with van der Waals surface area (Å²) in [4.78, 5) is 9.00. The molecule has 2 N–H and O–H groups in total. The fourth-order valence-corrected chi connectivity index (χ4v) is 1.52. The van der Waals surface area contributed by atoms with E-state index in [9.17, 15) is 0 Å². The Morgan fingerprint density at radius 2 is 1.61 bits per heavy atom. The second-order valence-corrected chi connectivity index (χ2v) is 6.49. The normalized spacial score (nSPS) is 9.44. The molecule has 0 aliphatic carbocycles. The maximum absolute atomic E-state index is 9.00. The number of aryl methyl sites for hydroxylation is 2. The molecule has 0 fully saturated rings. The van der Waals surface area contributed by atoms with Gasteiger partial charge in [0, 0.05) is 6.92 Å². The van der Waals surface area contributed by atoms with E-state index in [0.29, 0.717) is 0 Å². The Balaban J connectivity index is 0. The summed E-state index contributed by atoms with van der Waals surface area (Å²) in [6, 6.07) is 6.66. The third kappa shape index (κ3) is 21.1. The van der Waals surface area contributed by atoms with Crippen LogP contribution in [0.1, 0.15) is 18.1 Å². The van der Waals surface area contributed by atoms with Gasteiger partial charge in [-0.3, -0.25) is 4.79 Å². The molecule has 1 aromatic rings. The predicted octanol–water partition coefficient (Wildman–Crippen LogP) is -2.94. The van der Waals surface area contributed by atoms with Crippen molar-refractivity contribution in [2.45, 2.75) is 20.8 Å². The van der Waals surface area contributed by atoms with Gasteiger partial charge in [0.1, 0.15) is 0 Å². The zero-order chi connectivity index (χ0) is 14.9. The van der Waals surface area contributed by atoms with Gasteiger partial charge in [-0.2, -0.15) is 14.0 Å². The minimum absolute atomic E-state index is 0.833. The predicted molar refractivity (Wildman–Crippen MR) is 56.8 cm³/mol. The zero-order valence-electron chi connectivity index (χ0n) is 10.2. The van der Waals surface area contributed by atoms with Gasteiger partial charge in [0.2, 0.25) is 0 Å². The van der Waals surface area contributed by atoms with Crippen molar-refractivity contribution < 1.29 is 38.8 Å². The molecule has 0 aliphatic heterocycles. The monoisotopic (exact) mass is 470 g/mol. The van der Waals surface area contributed by atoms with E-state index in [1.165, 1.54) is 11.1 Å². The van der Waals surface area contributed by atoms with Crippen molar-refractivity contribution in [2.75, 3.05) is 0 Å². The van der Waals surface area contributed by atoms with Crippen molar-refractivity contribution in [1.82, 2.24) is 0 Å². The molecular weight excluding hydrogens is 456 g/mol. The van der Waals surface area contributed by atoms with Crippen molar-refractivity contribution in [3.8, 4) is 0 Å². The Morgan fingerprint density at radius 1 is 1.28 bits per heavy atom. The van der Waals surface area contributed by atoms with Crippen LogP contribution in [-0.4, -0.2) is 41.5 Å². The van der Waals surface area contributed by atoms with Crippen LogP contribution in [-0.2, 0) is 4.79 Å². The van der Waals surface area contributed by atoms with Crippen molar-refractivity contribution >= 4 is 34.9 Å². The standard InChI is InChI=1S/C8H9.C2H4O2.ClHO4.Tl/c1-7-4-3-5-8(2)6-7;1-2(3)4;2-1(3,4)5;/h3-4,6H,1-2H3;1H3,(H,3,4);(H,2,3,4,5);. The van der Waals surface area contributed by atoms with Crippen LogP contribution in [0.4, 0.5) is 0 Å². The Morgan fingerprint density at radius 3 is 1.83 bits per heavy atom. The summed E-state index contributed by atoms with van der Waals surface area (Å²) in [7, 11) is -4.69. The van der Waals surface area contributed by atoms with Crippen LogP contribution < -0.4 is 17.1 Å². The Hall–Kier alpha value is -0.258. The first-order valence-corrected chi connectivity index (χ1v) is 8.09. The third-order valence-corrected chi connectivity index (χ3v) is 3.94. The number of rotatable bonds is 0. The van der Waals surface area contributed by atoms with Gasteiger partial charge in [-0.1, -0.05) is 0 Å². The van der Waals surface area contributed by atoms with Crippen LogP contribution >= 0.6 is 0 Å². The van der Waals surface area contributed by atoms with Gasteiger partial charge in [0.15, 0.2) is 0 Å². The van der Waals surface area contributed by atoms with Crippen molar-refractivity contribution in [1.29, 1.82) is 0 Å². The van der Waals surface area contributed by atoms with Gasteiger partial charge in [-0.25, -0.2) is 0 Å². The van der Waals surface area contributed by atoms with Crippen molar-refractivity contribution in [3.05, 3.63) is 29.3 Å². The number of hydrogen-bond acceptors (Lipinski definition) is 5. The van der Waals surface area contributed by atoms with Crippen molar-refractivity contribution in [3.63, 3.8) is 0 Å². The SMILES string of the molecule is CC(=O)O.Cc1cc[c]([Tl])c(C)c1.[O-][Cl+3]([O-])([O-])O. The molecule has 0 saturated heterocycles. The van der Waals surface area contributed by atoms with E-state index in [2.05, 4.69) is 32.0 Å². The molecule has 1 aromatic carbocycles. The Labute approximate surface area is 123 Å². The topological polar surface area (TPSA) is 127 Å². The molecule has 0 aliphatic rings. The fraction of sp³-hybridized carbons (Fsp3) is 0.300. The van der Waals surface area contributed by atoms with Gasteiger partial charge in [-0.15, -0.1) is 0 Å². The molecule has 8 heteroatoms. The number of carbonyl (C=O) groups is 1. The van der Waals surface area contributed by atoms with E-state index in [1.54, 1.807) is 3.12 Å². The van der Waals surface area contributed by atoms with E-state index >= 15 is 0 Å². The maximum Gasteiger partial charge on any atom is 0.0777 e. The summed E-state index contributed by atoms with van der Waals surface area (Å²) in [5, 5.41) is 7.42. The smallest absolute Gasteiger partial charge is 0.0777 e. The molecule has 0 atom stereocenters. The summed E-state index contributed by atoms with van der Waals surface area (Å²) >= 11 is 0.982. The van der Waals surface area contributed by atoms with Crippen LogP contribution in [0, 0.1) is 24.1 Å². The molecular formula is C10H14ClO6Tl. The Bertz CT molecular complexity index is 367. The molecule has 0 saturated carbocycles. The molecule has 0 aromatic heterocycles. The molecule has 0 bridgehead atoms. The van der Waals surface area contributed by atoms with E-state index in [0.717, 1.165) is 32.7 Å². The molecule has 0 amide bonds. The summed E-state index contributed by atoms with van der Waals surface area (Å²) in [6.07, 6.45) is 0. The van der Waals surface area contributed by atoms with Crippen LogP contribution in [0.25, 0.3) is 0 Å². The molecule has 0 unspecified atom stereocenters. The second-order valence-electron chi connectivity index (χ2n) is 3.28. The first kappa shape index (κ1) is 20.1. The van der Waals surface area contributed by atoms with Crippen LogP contribution in [0.3, 0.4) is 0 Å². The molecule has 18 heavy (non-hydrogen) atoms. The number of carboxylic acid groups (broad SMARTS) is 1. The molecule has 100 valence electrons. The zero-order valence-corrected chi connectivity index (χ0v) is 15.5. The van der Waals surface area contributed by atoms with Gasteiger partial charge in [-0.05, 0) is 0 Å². The summed E-state index contributed by atoms with van der Waals surface area (Å²) in [6.45, 7) is 5.40. The number of aliphatic carboxylic acids is 1. The minimum Gasteiger partial charge on any atom is -0.183 e. The van der Waals surface area contributed by atoms with E-state index in [1.807, 2.05) is 0 Å². The molecule has 1 rings (SSSR count). The largest absolute Gasteiger partial charge is 0.183 e. The average molecular weight is 470 g/mol. The molecule has 0 heterocycles. The second kappa shape index (κ2) is 9.64. The number of carboxylic acids is 1. The average Bonchev–Trinajstić information content (AvgIpc) is 2.08. The third-order valence-electron chi connectivity index (χ3n) is 1.43. The first-order chi connectivity index (χ1) is 7.93. The van der Waals surface area contributed by atoms with Gasteiger partial charge in [0.05, 0.1) is 14.9 Å². The number of halogens is 1. The Kier molecular flexibility index (Phi) is 10.8. The van der Waals surface area contributed by atoms with Crippen LogP contribution in [0.5, 0.6) is 0 Å². The van der Waals surface area contributed by atoms with Crippen LogP contribution in [0.15, 0.2) is 18.2 Å². The van der Waals surface area contributed by atoms with Gasteiger partial charge in [0.25, 0.3) is 5.97 Å². The molecule has 6 nitrogen and oxygen atoms in total. The minimum atomic E-state index is -4.69.